The zero-order chi connectivity index (χ0) is 31.7. The topological polar surface area (TPSA) is 76.5 Å². The van der Waals surface area contributed by atoms with Gasteiger partial charge in [-0.1, -0.05) is 108 Å². The summed E-state index contributed by atoms with van der Waals surface area (Å²) in [6.45, 7) is 6.12. The Morgan fingerprint density at radius 3 is 1.73 bits per heavy atom. The van der Waals surface area contributed by atoms with Gasteiger partial charge < -0.3 is 20.1 Å². The van der Waals surface area contributed by atoms with Crippen LogP contribution in [0.3, 0.4) is 0 Å². The summed E-state index contributed by atoms with van der Waals surface area (Å²) in [7, 11) is 0. The average Bonchev–Trinajstić information content (AvgIpc) is 3.85. The third kappa shape index (κ3) is 14.8. The summed E-state index contributed by atoms with van der Waals surface area (Å²) in [5, 5.41) is 30.6. The van der Waals surface area contributed by atoms with Crippen LogP contribution < -0.4 is 0 Å². The molecule has 0 amide bonds. The van der Waals surface area contributed by atoms with E-state index in [-0.39, 0.29) is 6.10 Å². The molecule has 236 valence electrons. The molecule has 0 spiro atoms. The van der Waals surface area contributed by atoms with Gasteiger partial charge in [-0.15, -0.1) is 0 Å². The predicted octanol–water partition coefficient (Wildman–Crippen LogP) is 8.06. The number of aliphatic hydroxyl groups is 3. The lowest BCUT2D eigenvalue weighted by molar-refractivity contribution is 0.0716. The van der Waals surface area contributed by atoms with E-state index in [1.807, 2.05) is 79.7 Å². The highest BCUT2D eigenvalue weighted by Crippen LogP contribution is 2.30. The number of halogens is 2. The summed E-state index contributed by atoms with van der Waals surface area (Å²) in [6.07, 6.45) is 2.18. The number of hydrogen-bond donors (Lipinski definition) is 3. The van der Waals surface area contributed by atoms with Crippen molar-refractivity contribution < 1.29 is 20.1 Å². The van der Waals surface area contributed by atoms with E-state index in [4.69, 9.17) is 33.0 Å². The third-order valence-corrected chi connectivity index (χ3v) is 7.47. The maximum Gasteiger partial charge on any atom is 0.106 e. The molecule has 0 aliphatic carbocycles. The fourth-order valence-corrected chi connectivity index (χ4v) is 4.87. The van der Waals surface area contributed by atoms with Crippen molar-refractivity contribution in [1.29, 1.82) is 0 Å². The van der Waals surface area contributed by atoms with Crippen molar-refractivity contribution in [3.8, 4) is 0 Å². The SMILES string of the molecule is CC(O)CCCc1ccccc1.CC(O)CN(Cc1ccccc1)CC(O)c1ccc(Cl)cc1.Clc1ccc(C2CO2)cc1. The zero-order valence-corrected chi connectivity index (χ0v) is 27.1. The third-order valence-electron chi connectivity index (χ3n) is 6.96. The summed E-state index contributed by atoms with van der Waals surface area (Å²) in [5.41, 5.74) is 4.57. The van der Waals surface area contributed by atoms with E-state index in [1.165, 1.54) is 11.1 Å². The van der Waals surface area contributed by atoms with Gasteiger partial charge in [0.25, 0.3) is 0 Å². The van der Waals surface area contributed by atoms with E-state index in [0.717, 1.165) is 42.0 Å². The fourth-order valence-electron chi connectivity index (χ4n) is 4.62. The summed E-state index contributed by atoms with van der Waals surface area (Å²) in [6, 6.07) is 35.4. The minimum Gasteiger partial charge on any atom is -0.393 e. The van der Waals surface area contributed by atoms with E-state index >= 15 is 0 Å². The molecule has 0 radical (unpaired) electrons. The van der Waals surface area contributed by atoms with E-state index in [0.29, 0.717) is 30.8 Å². The lowest BCUT2D eigenvalue weighted by Crippen LogP contribution is -2.34. The lowest BCUT2D eigenvalue weighted by Gasteiger charge is -2.26. The van der Waals surface area contributed by atoms with Crippen LogP contribution in [0.15, 0.2) is 109 Å². The number of epoxide rings is 1. The molecule has 4 aromatic carbocycles. The zero-order valence-electron chi connectivity index (χ0n) is 25.6. The fraction of sp³-hybridized carbons (Fsp3) is 0.351. The van der Waals surface area contributed by atoms with Crippen LogP contribution in [0, 0.1) is 0 Å². The first kappa shape index (κ1) is 35.7. The first-order valence-corrected chi connectivity index (χ1v) is 15.9. The van der Waals surface area contributed by atoms with Crippen molar-refractivity contribution in [2.45, 2.75) is 64.1 Å². The summed E-state index contributed by atoms with van der Waals surface area (Å²) in [4.78, 5) is 2.05. The second kappa shape index (κ2) is 19.6. The summed E-state index contributed by atoms with van der Waals surface area (Å²) >= 11 is 11.6. The number of aliphatic hydroxyl groups excluding tert-OH is 3. The maximum absolute atomic E-state index is 10.4. The smallest absolute Gasteiger partial charge is 0.106 e. The number of nitrogens with zero attached hydrogens (tertiary/aromatic N) is 1. The molecule has 1 aliphatic rings. The number of hydrogen-bond acceptors (Lipinski definition) is 5. The largest absolute Gasteiger partial charge is 0.393 e. The minimum absolute atomic E-state index is 0.159. The Labute approximate surface area is 272 Å². The Morgan fingerprint density at radius 2 is 1.23 bits per heavy atom. The molecule has 1 heterocycles. The Bertz CT molecular complexity index is 1300. The van der Waals surface area contributed by atoms with Gasteiger partial charge in [-0.05, 0) is 79.6 Å². The van der Waals surface area contributed by atoms with Gasteiger partial charge in [0, 0.05) is 29.7 Å². The molecule has 4 aromatic rings. The monoisotopic (exact) mass is 637 g/mol. The van der Waals surface area contributed by atoms with Crippen LogP contribution in [-0.2, 0) is 17.7 Å². The molecule has 0 bridgehead atoms. The van der Waals surface area contributed by atoms with Gasteiger partial charge in [0.05, 0.1) is 24.9 Å². The molecule has 1 saturated heterocycles. The second-order valence-electron chi connectivity index (χ2n) is 11.2. The lowest BCUT2D eigenvalue weighted by atomic mass is 10.1. The molecule has 4 atom stereocenters. The van der Waals surface area contributed by atoms with Gasteiger partial charge in [-0.25, -0.2) is 0 Å². The van der Waals surface area contributed by atoms with Crippen molar-refractivity contribution in [2.24, 2.45) is 0 Å². The van der Waals surface area contributed by atoms with Crippen LogP contribution in [0.2, 0.25) is 10.0 Å². The molecule has 0 saturated carbocycles. The molecule has 1 fully saturated rings. The highest BCUT2D eigenvalue weighted by molar-refractivity contribution is 6.30. The van der Waals surface area contributed by atoms with Crippen LogP contribution in [0.1, 0.15) is 61.2 Å². The van der Waals surface area contributed by atoms with E-state index in [2.05, 4.69) is 29.2 Å². The molecular formula is C37H45Cl2NO4. The second-order valence-corrected chi connectivity index (χ2v) is 12.1. The number of aryl methyl sites for hydroxylation is 1. The van der Waals surface area contributed by atoms with Crippen LogP contribution in [-0.4, -0.2) is 52.1 Å². The van der Waals surface area contributed by atoms with Crippen molar-refractivity contribution in [1.82, 2.24) is 4.90 Å². The first-order valence-electron chi connectivity index (χ1n) is 15.2. The van der Waals surface area contributed by atoms with Crippen LogP contribution in [0.25, 0.3) is 0 Å². The molecule has 44 heavy (non-hydrogen) atoms. The molecule has 4 unspecified atom stereocenters. The van der Waals surface area contributed by atoms with Gasteiger partial charge in [-0.2, -0.15) is 0 Å². The average molecular weight is 639 g/mol. The Balaban J connectivity index is 0.000000201. The van der Waals surface area contributed by atoms with Gasteiger partial charge in [0.2, 0.25) is 0 Å². The van der Waals surface area contributed by atoms with Crippen LogP contribution in [0.5, 0.6) is 0 Å². The number of benzene rings is 4. The minimum atomic E-state index is -0.611. The molecule has 7 heteroatoms. The van der Waals surface area contributed by atoms with Crippen molar-refractivity contribution in [3.63, 3.8) is 0 Å². The van der Waals surface area contributed by atoms with Gasteiger partial charge in [0.15, 0.2) is 0 Å². The predicted molar refractivity (Wildman–Crippen MR) is 181 cm³/mol. The summed E-state index contributed by atoms with van der Waals surface area (Å²) < 4.78 is 5.09. The van der Waals surface area contributed by atoms with Crippen LogP contribution >= 0.6 is 23.2 Å². The van der Waals surface area contributed by atoms with Gasteiger partial charge in [0.1, 0.15) is 6.10 Å². The Hall–Kier alpha value is -2.74. The molecular weight excluding hydrogens is 593 g/mol. The molecule has 5 nitrogen and oxygen atoms in total. The number of ether oxygens (including phenoxy) is 1. The Morgan fingerprint density at radius 1 is 0.705 bits per heavy atom. The molecule has 0 aromatic heterocycles. The molecule has 3 N–H and O–H groups in total. The molecule has 1 aliphatic heterocycles. The Kier molecular flexibility index (Phi) is 15.9. The number of rotatable bonds is 12. The van der Waals surface area contributed by atoms with Gasteiger partial charge >= 0.3 is 0 Å². The van der Waals surface area contributed by atoms with Crippen molar-refractivity contribution in [2.75, 3.05) is 19.7 Å². The standard InChI is InChI=1S/C18H22ClNO2.C11H16O.C8H7ClO/c1-14(21)11-20(12-15-5-3-2-4-6-15)13-18(22)16-7-9-17(19)10-8-16;1-10(12)6-5-9-11-7-3-2-4-8-11;9-7-3-1-6(2-4-7)8-5-10-8/h2-10,14,18,21-22H,11-13H2,1H3;2-4,7-8,10,12H,5-6,9H2,1H3;1-4,8H,5H2. The normalized spacial score (nSPS) is 15.7. The quantitative estimate of drug-likeness (QED) is 0.137. The van der Waals surface area contributed by atoms with E-state index < -0.39 is 12.2 Å². The van der Waals surface area contributed by atoms with Crippen molar-refractivity contribution in [3.05, 3.63) is 141 Å². The van der Waals surface area contributed by atoms with Gasteiger partial charge in [-0.3, -0.25) is 4.90 Å². The molecule has 5 rings (SSSR count). The first-order chi connectivity index (χ1) is 21.2. The highest BCUT2D eigenvalue weighted by Gasteiger charge is 2.24. The van der Waals surface area contributed by atoms with Crippen molar-refractivity contribution >= 4 is 23.2 Å². The van der Waals surface area contributed by atoms with E-state index in [9.17, 15) is 10.2 Å². The maximum atomic E-state index is 10.4. The van der Waals surface area contributed by atoms with Crippen LogP contribution in [0.4, 0.5) is 0 Å². The van der Waals surface area contributed by atoms with E-state index in [1.54, 1.807) is 19.1 Å². The summed E-state index contributed by atoms with van der Waals surface area (Å²) in [5.74, 6) is 0. The highest BCUT2D eigenvalue weighted by atomic mass is 35.5.